The molecule has 1 aliphatic carbocycles. The number of carbonyl (C=O) groups is 1. The van der Waals surface area contributed by atoms with Gasteiger partial charge in [-0.05, 0) is 43.5 Å². The number of nitrogens with one attached hydrogen (secondary N) is 1. The number of carbonyl (C=O) groups excluding carboxylic acids is 1. The van der Waals surface area contributed by atoms with Gasteiger partial charge in [0.25, 0.3) is 5.91 Å². The van der Waals surface area contributed by atoms with Gasteiger partial charge in [0, 0.05) is 23.1 Å². The Balaban J connectivity index is 1.42. The van der Waals surface area contributed by atoms with Crippen LogP contribution in [-0.4, -0.2) is 46.4 Å². The molecule has 1 aromatic heterocycles. The van der Waals surface area contributed by atoms with Gasteiger partial charge in [-0.3, -0.25) is 9.53 Å². The minimum absolute atomic E-state index is 0.153. The summed E-state index contributed by atoms with van der Waals surface area (Å²) in [5.74, 6) is 0.0391. The normalized spacial score (nSPS) is 19.2. The third-order valence-electron chi connectivity index (χ3n) is 4.72. The lowest BCUT2D eigenvalue weighted by Gasteiger charge is -2.32. The minimum Gasteiger partial charge on any atom is -0.478 e. The van der Waals surface area contributed by atoms with E-state index in [0.717, 1.165) is 0 Å². The molecular weight excluding hydrogens is 455 g/mol. The second kappa shape index (κ2) is 10.3. The number of nitrogens with zero attached hydrogens (tertiary/aromatic N) is 2. The smallest absolute Gasteiger partial charge is 0.478 e. The zero-order valence-electron chi connectivity index (χ0n) is 16.8. The molecule has 1 fully saturated rings. The van der Waals surface area contributed by atoms with E-state index >= 15 is 0 Å². The van der Waals surface area contributed by atoms with Gasteiger partial charge in [0.15, 0.2) is 6.10 Å². The van der Waals surface area contributed by atoms with Crippen LogP contribution >= 0.6 is 11.6 Å². The van der Waals surface area contributed by atoms with Crippen molar-refractivity contribution in [1.29, 1.82) is 0 Å². The van der Waals surface area contributed by atoms with Crippen LogP contribution in [0.4, 0.5) is 13.2 Å². The summed E-state index contributed by atoms with van der Waals surface area (Å²) in [6.45, 7) is 3.21. The highest BCUT2D eigenvalue weighted by atomic mass is 35.5. The number of amides is 1. The Morgan fingerprint density at radius 3 is 2.62 bits per heavy atom. The fraction of sp³-hybridized carbons (Fsp3) is 0.450. The van der Waals surface area contributed by atoms with Crippen molar-refractivity contribution in [2.45, 2.75) is 50.2 Å². The van der Waals surface area contributed by atoms with Gasteiger partial charge >= 0.3 is 6.36 Å². The second-order valence-corrected chi connectivity index (χ2v) is 7.66. The summed E-state index contributed by atoms with van der Waals surface area (Å²) in [5, 5.41) is 20.3. The van der Waals surface area contributed by atoms with Crippen LogP contribution in [0.15, 0.2) is 41.0 Å². The molecule has 1 heterocycles. The Morgan fingerprint density at radius 2 is 2.00 bits per heavy atom. The Bertz CT molecular complexity index is 929. The van der Waals surface area contributed by atoms with Crippen molar-refractivity contribution in [2.24, 2.45) is 0 Å². The van der Waals surface area contributed by atoms with E-state index in [1.165, 1.54) is 0 Å². The molecular formula is C20H21ClF3N3O5. The summed E-state index contributed by atoms with van der Waals surface area (Å²) in [7, 11) is 0. The Morgan fingerprint density at radius 1 is 1.31 bits per heavy atom. The number of aryl methyl sites for hydroxylation is 1. The Labute approximate surface area is 186 Å². The number of rotatable bonds is 10. The molecule has 1 amide bonds. The van der Waals surface area contributed by atoms with E-state index in [0.29, 0.717) is 16.5 Å². The highest BCUT2D eigenvalue weighted by molar-refractivity contribution is 6.30. The molecule has 174 valence electrons. The second-order valence-electron chi connectivity index (χ2n) is 7.22. The first kappa shape index (κ1) is 24.0. The first-order valence-electron chi connectivity index (χ1n) is 9.71. The van der Waals surface area contributed by atoms with Crippen molar-refractivity contribution in [3.05, 3.63) is 53.3 Å². The summed E-state index contributed by atoms with van der Waals surface area (Å²) in [4.78, 5) is 12.3. The number of hydrogen-bond acceptors (Lipinski definition) is 7. The van der Waals surface area contributed by atoms with Crippen LogP contribution in [0, 0.1) is 0 Å². The third kappa shape index (κ3) is 6.94. The number of aromatic nitrogens is 2. The molecule has 3 rings (SSSR count). The molecule has 1 aromatic carbocycles. The summed E-state index contributed by atoms with van der Waals surface area (Å²) in [5.41, 5.74) is 0.343. The van der Waals surface area contributed by atoms with Crippen molar-refractivity contribution in [2.75, 3.05) is 6.61 Å². The maximum atomic E-state index is 12.3. The van der Waals surface area contributed by atoms with Gasteiger partial charge in [-0.1, -0.05) is 18.2 Å². The van der Waals surface area contributed by atoms with Crippen LogP contribution in [0.3, 0.4) is 0 Å². The van der Waals surface area contributed by atoms with Gasteiger partial charge in [0.1, 0.15) is 5.75 Å². The molecule has 1 saturated carbocycles. The number of hydrogen-bond donors (Lipinski definition) is 2. The summed E-state index contributed by atoms with van der Waals surface area (Å²) < 4.78 is 51.4. The SMILES string of the molecule is C=C(CCc1nnc(C2CC(OC(F)(F)F)C2)o1)NC(=O)[C@@H](CO)Oc1ccc(Cl)cc1. The minimum atomic E-state index is -4.66. The average Bonchev–Trinajstić information content (AvgIpc) is 3.16. The largest absolute Gasteiger partial charge is 0.522 e. The first-order valence-corrected chi connectivity index (χ1v) is 10.1. The van der Waals surface area contributed by atoms with E-state index < -0.39 is 31.1 Å². The zero-order chi connectivity index (χ0) is 23.3. The molecule has 2 N–H and O–H groups in total. The van der Waals surface area contributed by atoms with E-state index in [9.17, 15) is 23.1 Å². The highest BCUT2D eigenvalue weighted by Crippen LogP contribution is 2.40. The maximum Gasteiger partial charge on any atom is 0.522 e. The Kier molecular flexibility index (Phi) is 7.75. The van der Waals surface area contributed by atoms with E-state index in [-0.39, 0.29) is 43.4 Å². The van der Waals surface area contributed by atoms with Gasteiger partial charge < -0.3 is 19.6 Å². The predicted octanol–water partition coefficient (Wildman–Crippen LogP) is 3.51. The molecule has 0 radical (unpaired) electrons. The molecule has 12 heteroatoms. The molecule has 1 atom stereocenters. The molecule has 32 heavy (non-hydrogen) atoms. The van der Waals surface area contributed by atoms with E-state index in [4.69, 9.17) is 20.8 Å². The van der Waals surface area contributed by atoms with Gasteiger partial charge in [0.2, 0.25) is 11.8 Å². The van der Waals surface area contributed by atoms with Crippen LogP contribution in [-0.2, 0) is 16.0 Å². The van der Waals surface area contributed by atoms with Gasteiger partial charge in [-0.2, -0.15) is 0 Å². The molecule has 0 aliphatic heterocycles. The molecule has 8 nitrogen and oxygen atoms in total. The number of allylic oxidation sites excluding steroid dienone is 1. The van der Waals surface area contributed by atoms with Crippen molar-refractivity contribution >= 4 is 17.5 Å². The monoisotopic (exact) mass is 475 g/mol. The molecule has 0 bridgehead atoms. The fourth-order valence-corrected chi connectivity index (χ4v) is 3.14. The van der Waals surface area contributed by atoms with Crippen molar-refractivity contribution in [3.8, 4) is 5.75 Å². The number of ether oxygens (including phenoxy) is 2. The number of benzene rings is 1. The van der Waals surface area contributed by atoms with Crippen molar-refractivity contribution in [1.82, 2.24) is 15.5 Å². The quantitative estimate of drug-likeness (QED) is 0.541. The van der Waals surface area contributed by atoms with Crippen LogP contribution in [0.2, 0.25) is 5.02 Å². The predicted molar refractivity (Wildman–Crippen MR) is 106 cm³/mol. The lowest BCUT2D eigenvalue weighted by atomic mass is 9.82. The topological polar surface area (TPSA) is 107 Å². The Hall–Kier alpha value is -2.63. The van der Waals surface area contributed by atoms with Crippen molar-refractivity contribution < 1.29 is 37.0 Å². The average molecular weight is 476 g/mol. The number of halogens is 4. The van der Waals surface area contributed by atoms with Crippen LogP contribution in [0.5, 0.6) is 5.75 Å². The molecule has 0 spiro atoms. The van der Waals surface area contributed by atoms with E-state index in [2.05, 4.69) is 26.8 Å². The standard InChI is InChI=1S/C20H21ClF3N3O5/c1-11(25-18(29)16(10-28)30-14-5-3-13(21)4-6-14)2-7-17-26-27-19(31-17)12-8-15(9-12)32-20(22,23)24/h3-6,12,15-16,28H,1-2,7-10H2,(H,25,29)/t12?,15?,16-/m1/s1. The van der Waals surface area contributed by atoms with Crippen LogP contribution in [0.1, 0.15) is 37.0 Å². The first-order chi connectivity index (χ1) is 15.1. The van der Waals surface area contributed by atoms with Gasteiger partial charge in [0.05, 0.1) is 12.7 Å². The van der Waals surface area contributed by atoms with E-state index in [1.807, 2.05) is 0 Å². The van der Waals surface area contributed by atoms with Crippen molar-refractivity contribution in [3.63, 3.8) is 0 Å². The van der Waals surface area contributed by atoms with Crippen LogP contribution in [0.25, 0.3) is 0 Å². The summed E-state index contributed by atoms with van der Waals surface area (Å²) >= 11 is 5.80. The molecule has 1 aliphatic rings. The highest BCUT2D eigenvalue weighted by Gasteiger charge is 2.42. The fourth-order valence-electron chi connectivity index (χ4n) is 3.01. The molecule has 0 unspecified atom stereocenters. The molecule has 2 aromatic rings. The molecule has 0 saturated heterocycles. The van der Waals surface area contributed by atoms with Crippen LogP contribution < -0.4 is 10.1 Å². The summed E-state index contributed by atoms with van der Waals surface area (Å²) in [6.07, 6.45) is -5.86. The van der Waals surface area contributed by atoms with Gasteiger partial charge in [-0.25, -0.2) is 0 Å². The summed E-state index contributed by atoms with van der Waals surface area (Å²) in [6, 6.07) is 6.32. The lowest BCUT2D eigenvalue weighted by Crippen LogP contribution is -2.40. The number of alkyl halides is 3. The van der Waals surface area contributed by atoms with Gasteiger partial charge in [-0.15, -0.1) is 23.4 Å². The number of aliphatic hydroxyl groups excluding tert-OH is 1. The number of aliphatic hydroxyl groups is 1. The maximum absolute atomic E-state index is 12.3. The zero-order valence-corrected chi connectivity index (χ0v) is 17.5. The lowest BCUT2D eigenvalue weighted by molar-refractivity contribution is -0.352. The third-order valence-corrected chi connectivity index (χ3v) is 4.97. The van der Waals surface area contributed by atoms with E-state index in [1.54, 1.807) is 24.3 Å².